The van der Waals surface area contributed by atoms with Crippen LogP contribution in [-0.4, -0.2) is 27.5 Å². The molecule has 0 saturated carbocycles. The molecule has 0 unspecified atom stereocenters. The van der Waals surface area contributed by atoms with Gasteiger partial charge in [0.1, 0.15) is 10.6 Å². The highest BCUT2D eigenvalue weighted by Gasteiger charge is 2.26. The van der Waals surface area contributed by atoms with Gasteiger partial charge in [-0.1, -0.05) is 48.5 Å². The summed E-state index contributed by atoms with van der Waals surface area (Å²) in [5, 5.41) is 2.71. The SMILES string of the molecule is CCN(c1ccccc1)S(=O)(=O)c1ccccc1NC(=O)CCOc1ccccc1. The molecule has 3 aromatic rings. The van der Waals surface area contributed by atoms with Gasteiger partial charge in [0.15, 0.2) is 0 Å². The summed E-state index contributed by atoms with van der Waals surface area (Å²) >= 11 is 0. The van der Waals surface area contributed by atoms with Gasteiger partial charge in [-0.25, -0.2) is 8.42 Å². The maximum Gasteiger partial charge on any atom is 0.266 e. The number of hydrogen-bond donors (Lipinski definition) is 1. The van der Waals surface area contributed by atoms with E-state index >= 15 is 0 Å². The van der Waals surface area contributed by atoms with Gasteiger partial charge < -0.3 is 10.1 Å². The van der Waals surface area contributed by atoms with Gasteiger partial charge in [-0.2, -0.15) is 0 Å². The minimum atomic E-state index is -3.86. The van der Waals surface area contributed by atoms with Crippen LogP contribution in [0.5, 0.6) is 5.75 Å². The molecule has 1 N–H and O–H groups in total. The predicted octanol–water partition coefficient (Wildman–Crippen LogP) is 4.31. The molecular weight excluding hydrogens is 400 g/mol. The monoisotopic (exact) mass is 424 g/mol. The van der Waals surface area contributed by atoms with Crippen molar-refractivity contribution >= 4 is 27.3 Å². The summed E-state index contributed by atoms with van der Waals surface area (Å²) in [5.41, 5.74) is 0.814. The molecule has 0 heterocycles. The Labute approximate surface area is 177 Å². The molecule has 0 saturated heterocycles. The smallest absolute Gasteiger partial charge is 0.266 e. The molecule has 0 aliphatic rings. The lowest BCUT2D eigenvalue weighted by molar-refractivity contribution is -0.116. The van der Waals surface area contributed by atoms with Crippen LogP contribution in [0, 0.1) is 0 Å². The second-order valence-electron chi connectivity index (χ2n) is 6.46. The fourth-order valence-electron chi connectivity index (χ4n) is 2.99. The first kappa shape index (κ1) is 21.4. The van der Waals surface area contributed by atoms with E-state index in [-0.39, 0.29) is 36.1 Å². The lowest BCUT2D eigenvalue weighted by atomic mass is 10.3. The van der Waals surface area contributed by atoms with Gasteiger partial charge in [-0.05, 0) is 43.3 Å². The average molecular weight is 425 g/mol. The van der Waals surface area contributed by atoms with Gasteiger partial charge in [-0.3, -0.25) is 9.10 Å². The van der Waals surface area contributed by atoms with E-state index < -0.39 is 10.0 Å². The molecule has 0 spiro atoms. The average Bonchev–Trinajstić information content (AvgIpc) is 2.76. The molecule has 7 heteroatoms. The molecule has 0 aromatic heterocycles. The summed E-state index contributed by atoms with van der Waals surface area (Å²) in [5.74, 6) is 0.353. The summed E-state index contributed by atoms with van der Waals surface area (Å²) < 4.78 is 33.5. The van der Waals surface area contributed by atoms with Gasteiger partial charge in [-0.15, -0.1) is 0 Å². The van der Waals surface area contributed by atoms with Crippen LogP contribution in [-0.2, 0) is 14.8 Å². The third-order valence-electron chi connectivity index (χ3n) is 4.40. The maximum absolute atomic E-state index is 13.3. The molecule has 0 atom stereocenters. The molecule has 3 rings (SSSR count). The minimum absolute atomic E-state index is 0.0491. The quantitative estimate of drug-likeness (QED) is 0.555. The molecule has 6 nitrogen and oxygen atoms in total. The summed E-state index contributed by atoms with van der Waals surface area (Å²) in [6.45, 7) is 2.22. The Morgan fingerprint density at radius 2 is 1.50 bits per heavy atom. The number of nitrogens with zero attached hydrogens (tertiary/aromatic N) is 1. The predicted molar refractivity (Wildman–Crippen MR) is 118 cm³/mol. The summed E-state index contributed by atoms with van der Waals surface area (Å²) in [6.07, 6.45) is 0.0967. The van der Waals surface area contributed by atoms with Gasteiger partial charge in [0.2, 0.25) is 5.91 Å². The van der Waals surface area contributed by atoms with Crippen LogP contribution in [0.15, 0.2) is 89.8 Å². The van der Waals surface area contributed by atoms with Crippen LogP contribution in [0.25, 0.3) is 0 Å². The van der Waals surface area contributed by atoms with E-state index in [9.17, 15) is 13.2 Å². The van der Waals surface area contributed by atoms with Crippen molar-refractivity contribution in [3.63, 3.8) is 0 Å². The first-order valence-electron chi connectivity index (χ1n) is 9.67. The van der Waals surface area contributed by atoms with Crippen molar-refractivity contribution in [3.8, 4) is 5.75 Å². The highest BCUT2D eigenvalue weighted by molar-refractivity contribution is 7.93. The number of nitrogens with one attached hydrogen (secondary N) is 1. The minimum Gasteiger partial charge on any atom is -0.493 e. The van der Waals surface area contributed by atoms with Crippen LogP contribution in [0.3, 0.4) is 0 Å². The third-order valence-corrected chi connectivity index (χ3v) is 6.36. The highest BCUT2D eigenvalue weighted by atomic mass is 32.2. The highest BCUT2D eigenvalue weighted by Crippen LogP contribution is 2.28. The molecule has 156 valence electrons. The molecule has 1 amide bonds. The number of amides is 1. The Balaban J connectivity index is 1.74. The number of hydrogen-bond acceptors (Lipinski definition) is 4. The van der Waals surface area contributed by atoms with E-state index in [0.29, 0.717) is 11.4 Å². The van der Waals surface area contributed by atoms with Crippen LogP contribution >= 0.6 is 0 Å². The third kappa shape index (κ3) is 5.18. The summed E-state index contributed by atoms with van der Waals surface area (Å²) in [4.78, 5) is 12.4. The molecular formula is C23H24N2O4S. The zero-order valence-electron chi connectivity index (χ0n) is 16.7. The Morgan fingerprint density at radius 3 is 2.17 bits per heavy atom. The number of carbonyl (C=O) groups is 1. The molecule has 0 aliphatic heterocycles. The van der Waals surface area contributed by atoms with Crippen LogP contribution in [0.2, 0.25) is 0 Å². The molecule has 0 fully saturated rings. The van der Waals surface area contributed by atoms with E-state index in [1.807, 2.05) is 36.4 Å². The lowest BCUT2D eigenvalue weighted by Crippen LogP contribution is -2.31. The standard InChI is InChI=1S/C23H24N2O4S/c1-2-25(19-11-5-3-6-12-19)30(27,28)22-16-10-9-15-21(22)24-23(26)17-18-29-20-13-7-4-8-14-20/h3-16H,2,17-18H2,1H3,(H,24,26). The van der Waals surface area contributed by atoms with Crippen LogP contribution < -0.4 is 14.4 Å². The Morgan fingerprint density at radius 1 is 0.900 bits per heavy atom. The van der Waals surface area contributed by atoms with Crippen molar-refractivity contribution in [2.24, 2.45) is 0 Å². The van der Waals surface area contributed by atoms with E-state index in [2.05, 4.69) is 5.32 Å². The first-order chi connectivity index (χ1) is 14.5. The van der Waals surface area contributed by atoms with Crippen molar-refractivity contribution in [2.75, 3.05) is 22.8 Å². The van der Waals surface area contributed by atoms with Crippen molar-refractivity contribution in [2.45, 2.75) is 18.2 Å². The number of carbonyl (C=O) groups excluding carboxylic acids is 1. The van der Waals surface area contributed by atoms with Crippen molar-refractivity contribution in [1.29, 1.82) is 0 Å². The number of anilines is 2. The van der Waals surface area contributed by atoms with Gasteiger partial charge in [0, 0.05) is 6.54 Å². The molecule has 0 bridgehead atoms. The van der Waals surface area contributed by atoms with Gasteiger partial charge >= 0.3 is 0 Å². The fourth-order valence-corrected chi connectivity index (χ4v) is 4.61. The first-order valence-corrected chi connectivity index (χ1v) is 11.1. The van der Waals surface area contributed by atoms with Gasteiger partial charge in [0.25, 0.3) is 10.0 Å². The zero-order valence-corrected chi connectivity index (χ0v) is 17.5. The molecule has 3 aromatic carbocycles. The van der Waals surface area contributed by atoms with E-state index in [1.165, 1.54) is 10.4 Å². The van der Waals surface area contributed by atoms with E-state index in [0.717, 1.165) is 0 Å². The van der Waals surface area contributed by atoms with Crippen LogP contribution in [0.4, 0.5) is 11.4 Å². The number of rotatable bonds is 9. The van der Waals surface area contributed by atoms with Crippen LogP contribution in [0.1, 0.15) is 13.3 Å². The maximum atomic E-state index is 13.3. The number of sulfonamides is 1. The van der Waals surface area contributed by atoms with Crippen molar-refractivity contribution in [1.82, 2.24) is 0 Å². The number of ether oxygens (including phenoxy) is 1. The Hall–Kier alpha value is -3.32. The molecule has 0 radical (unpaired) electrons. The van der Waals surface area contributed by atoms with Crippen molar-refractivity contribution < 1.29 is 17.9 Å². The second-order valence-corrected chi connectivity index (χ2v) is 8.29. The number of benzene rings is 3. The Kier molecular flexibility index (Phi) is 7.08. The summed E-state index contributed by atoms with van der Waals surface area (Å²) in [7, 11) is -3.86. The normalized spacial score (nSPS) is 11.0. The fraction of sp³-hybridized carbons (Fsp3) is 0.174. The largest absolute Gasteiger partial charge is 0.493 e. The zero-order chi connectivity index (χ0) is 21.4. The molecule has 30 heavy (non-hydrogen) atoms. The van der Waals surface area contributed by atoms with E-state index in [4.69, 9.17) is 4.74 Å². The lowest BCUT2D eigenvalue weighted by Gasteiger charge is -2.24. The van der Waals surface area contributed by atoms with E-state index in [1.54, 1.807) is 49.4 Å². The second kappa shape index (κ2) is 9.93. The van der Waals surface area contributed by atoms with Gasteiger partial charge in [0.05, 0.1) is 24.4 Å². The number of para-hydroxylation sites is 3. The van der Waals surface area contributed by atoms with Crippen molar-refractivity contribution in [3.05, 3.63) is 84.9 Å². The summed E-state index contributed by atoms with van der Waals surface area (Å²) in [6, 6.07) is 24.5. The Bertz CT molecular complexity index is 1070. The molecule has 0 aliphatic carbocycles. The topological polar surface area (TPSA) is 75.7 Å².